The van der Waals surface area contributed by atoms with E-state index < -0.39 is 23.4 Å². The molecule has 0 aliphatic rings. The molecule has 1 heterocycles. The third-order valence-corrected chi connectivity index (χ3v) is 2.10. The molecule has 0 fully saturated rings. The van der Waals surface area contributed by atoms with E-state index in [1.807, 2.05) is 0 Å². The molecule has 0 saturated carbocycles. The Morgan fingerprint density at radius 2 is 2.17 bits per heavy atom. The highest BCUT2D eigenvalue weighted by atomic mass is 19.4. The third kappa shape index (κ3) is 2.77. The summed E-state index contributed by atoms with van der Waals surface area (Å²) in [6, 6.07) is 2.52. The van der Waals surface area contributed by atoms with E-state index in [0.717, 1.165) is 6.07 Å². The standard InChI is InChI=1S/C11H9F3N2O2/c1-3-18-10(17)8-4-7(5-15)6(2)16-9(8)11(12,13)14/h4H,3H2,1-2H3. The van der Waals surface area contributed by atoms with E-state index >= 15 is 0 Å². The van der Waals surface area contributed by atoms with Crippen LogP contribution in [0.4, 0.5) is 13.2 Å². The molecule has 0 aliphatic heterocycles. The van der Waals surface area contributed by atoms with Crippen molar-refractivity contribution in [1.29, 1.82) is 5.26 Å². The largest absolute Gasteiger partial charge is 0.462 e. The fourth-order valence-corrected chi connectivity index (χ4v) is 1.30. The van der Waals surface area contributed by atoms with Crippen molar-refractivity contribution < 1.29 is 22.7 Å². The Kier molecular flexibility index (Phi) is 3.91. The second-order valence-corrected chi connectivity index (χ2v) is 3.35. The van der Waals surface area contributed by atoms with Gasteiger partial charge in [0.05, 0.1) is 23.4 Å². The summed E-state index contributed by atoms with van der Waals surface area (Å²) in [7, 11) is 0. The molecular formula is C11H9F3N2O2. The van der Waals surface area contributed by atoms with Gasteiger partial charge >= 0.3 is 12.1 Å². The number of nitriles is 1. The Morgan fingerprint density at radius 1 is 1.56 bits per heavy atom. The number of alkyl halides is 3. The van der Waals surface area contributed by atoms with Crippen LogP contribution in [0.15, 0.2) is 6.07 Å². The van der Waals surface area contributed by atoms with Gasteiger partial charge in [-0.05, 0) is 19.9 Å². The van der Waals surface area contributed by atoms with Gasteiger partial charge in [-0.1, -0.05) is 0 Å². The van der Waals surface area contributed by atoms with Crippen molar-refractivity contribution in [2.75, 3.05) is 6.61 Å². The predicted octanol–water partition coefficient (Wildman–Crippen LogP) is 2.46. The van der Waals surface area contributed by atoms with Gasteiger partial charge in [-0.15, -0.1) is 0 Å². The first-order valence-electron chi connectivity index (χ1n) is 4.97. The van der Waals surface area contributed by atoms with E-state index in [4.69, 9.17) is 5.26 Å². The molecule has 0 unspecified atom stereocenters. The molecular weight excluding hydrogens is 249 g/mol. The smallest absolute Gasteiger partial charge is 0.434 e. The molecule has 96 valence electrons. The van der Waals surface area contributed by atoms with E-state index in [2.05, 4.69) is 9.72 Å². The van der Waals surface area contributed by atoms with Crippen molar-refractivity contribution in [1.82, 2.24) is 4.98 Å². The fourth-order valence-electron chi connectivity index (χ4n) is 1.30. The molecule has 18 heavy (non-hydrogen) atoms. The maximum absolute atomic E-state index is 12.7. The molecule has 0 amide bonds. The van der Waals surface area contributed by atoms with Gasteiger partial charge in [0.1, 0.15) is 6.07 Å². The minimum absolute atomic E-state index is 0.0636. The predicted molar refractivity (Wildman–Crippen MR) is 54.6 cm³/mol. The lowest BCUT2D eigenvalue weighted by Gasteiger charge is -2.12. The lowest BCUT2D eigenvalue weighted by atomic mass is 10.1. The minimum atomic E-state index is -4.78. The molecule has 1 aromatic rings. The number of carbonyl (C=O) groups is 1. The summed E-state index contributed by atoms with van der Waals surface area (Å²) in [5, 5.41) is 8.72. The summed E-state index contributed by atoms with van der Waals surface area (Å²) < 4.78 is 42.6. The lowest BCUT2D eigenvalue weighted by molar-refractivity contribution is -0.141. The summed E-state index contributed by atoms with van der Waals surface area (Å²) >= 11 is 0. The highest BCUT2D eigenvalue weighted by Crippen LogP contribution is 2.31. The molecule has 1 rings (SSSR count). The summed E-state index contributed by atoms with van der Waals surface area (Å²) in [6.45, 7) is 2.67. The van der Waals surface area contributed by atoms with Crippen LogP contribution < -0.4 is 0 Å². The Bertz CT molecular complexity index is 518. The monoisotopic (exact) mass is 258 g/mol. The molecule has 0 N–H and O–H groups in total. The molecule has 0 atom stereocenters. The number of nitrogens with zero attached hydrogens (tertiary/aromatic N) is 2. The first-order valence-corrected chi connectivity index (χ1v) is 4.97. The van der Waals surface area contributed by atoms with Gasteiger partial charge in [0, 0.05) is 0 Å². The van der Waals surface area contributed by atoms with E-state index in [-0.39, 0.29) is 17.9 Å². The number of rotatable bonds is 2. The maximum Gasteiger partial charge on any atom is 0.434 e. The molecule has 0 saturated heterocycles. The van der Waals surface area contributed by atoms with Crippen molar-refractivity contribution >= 4 is 5.97 Å². The molecule has 1 aromatic heterocycles. The van der Waals surface area contributed by atoms with Crippen molar-refractivity contribution in [2.45, 2.75) is 20.0 Å². The van der Waals surface area contributed by atoms with Crippen molar-refractivity contribution in [3.05, 3.63) is 28.6 Å². The van der Waals surface area contributed by atoms with Crippen LogP contribution in [-0.4, -0.2) is 17.6 Å². The van der Waals surface area contributed by atoms with Crippen LogP contribution in [0, 0.1) is 18.3 Å². The van der Waals surface area contributed by atoms with Crippen molar-refractivity contribution in [2.24, 2.45) is 0 Å². The molecule has 7 heteroatoms. The molecule has 0 aliphatic carbocycles. The number of pyridine rings is 1. The van der Waals surface area contributed by atoms with Gasteiger partial charge in [-0.3, -0.25) is 0 Å². The highest BCUT2D eigenvalue weighted by molar-refractivity contribution is 5.91. The van der Waals surface area contributed by atoms with Crippen LogP contribution in [0.5, 0.6) is 0 Å². The first kappa shape index (κ1) is 14.0. The van der Waals surface area contributed by atoms with Crippen LogP contribution >= 0.6 is 0 Å². The zero-order valence-electron chi connectivity index (χ0n) is 9.63. The number of ether oxygens (including phenoxy) is 1. The number of carbonyl (C=O) groups excluding carboxylic acids is 1. The number of aryl methyl sites for hydroxylation is 1. The number of hydrogen-bond acceptors (Lipinski definition) is 4. The molecule has 4 nitrogen and oxygen atoms in total. The van der Waals surface area contributed by atoms with Crippen molar-refractivity contribution in [3.63, 3.8) is 0 Å². The summed E-state index contributed by atoms with van der Waals surface area (Å²) in [6.07, 6.45) is -4.78. The van der Waals surface area contributed by atoms with Gasteiger partial charge in [0.15, 0.2) is 5.69 Å². The maximum atomic E-state index is 12.7. The number of esters is 1. The van der Waals surface area contributed by atoms with Crippen LogP contribution in [0.25, 0.3) is 0 Å². The highest BCUT2D eigenvalue weighted by Gasteiger charge is 2.38. The van der Waals surface area contributed by atoms with E-state index in [1.165, 1.54) is 13.8 Å². The second-order valence-electron chi connectivity index (χ2n) is 3.35. The summed E-state index contributed by atoms with van der Waals surface area (Å²) in [5.41, 5.74) is -2.26. The average molecular weight is 258 g/mol. The second kappa shape index (κ2) is 5.04. The normalized spacial score (nSPS) is 10.9. The zero-order valence-corrected chi connectivity index (χ0v) is 9.63. The van der Waals surface area contributed by atoms with Gasteiger partial charge in [0.25, 0.3) is 0 Å². The van der Waals surface area contributed by atoms with E-state index in [9.17, 15) is 18.0 Å². The zero-order chi connectivity index (χ0) is 13.9. The Morgan fingerprint density at radius 3 is 2.61 bits per heavy atom. The van der Waals surface area contributed by atoms with Gasteiger partial charge in [0.2, 0.25) is 0 Å². The Labute approximate surface area is 101 Å². The lowest BCUT2D eigenvalue weighted by Crippen LogP contribution is -2.18. The molecule has 0 spiro atoms. The van der Waals surface area contributed by atoms with E-state index in [0.29, 0.717) is 0 Å². The molecule has 0 radical (unpaired) electrons. The summed E-state index contributed by atoms with van der Waals surface area (Å²) in [5.74, 6) is -1.14. The number of halogens is 3. The topological polar surface area (TPSA) is 63.0 Å². The van der Waals surface area contributed by atoms with Gasteiger partial charge in [-0.2, -0.15) is 18.4 Å². The van der Waals surface area contributed by atoms with Crippen LogP contribution in [0.2, 0.25) is 0 Å². The Hall–Kier alpha value is -2.10. The SMILES string of the molecule is CCOC(=O)c1cc(C#N)c(C)nc1C(F)(F)F. The number of hydrogen-bond donors (Lipinski definition) is 0. The molecule has 0 aromatic carbocycles. The first-order chi connectivity index (χ1) is 8.31. The summed E-state index contributed by atoms with van der Waals surface area (Å²) in [4.78, 5) is 14.7. The Balaban J connectivity index is 3.46. The number of aromatic nitrogens is 1. The van der Waals surface area contributed by atoms with Crippen LogP contribution in [-0.2, 0) is 10.9 Å². The van der Waals surface area contributed by atoms with E-state index in [1.54, 1.807) is 6.07 Å². The quantitative estimate of drug-likeness (QED) is 0.764. The van der Waals surface area contributed by atoms with Crippen LogP contribution in [0.1, 0.15) is 34.2 Å². The van der Waals surface area contributed by atoms with Crippen molar-refractivity contribution in [3.8, 4) is 6.07 Å². The molecule has 0 bridgehead atoms. The minimum Gasteiger partial charge on any atom is -0.462 e. The third-order valence-electron chi connectivity index (χ3n) is 2.10. The van der Waals surface area contributed by atoms with Crippen LogP contribution in [0.3, 0.4) is 0 Å². The fraction of sp³-hybridized carbons (Fsp3) is 0.364. The van der Waals surface area contributed by atoms with Gasteiger partial charge < -0.3 is 4.74 Å². The average Bonchev–Trinajstić information content (AvgIpc) is 2.27. The van der Waals surface area contributed by atoms with Gasteiger partial charge in [-0.25, -0.2) is 9.78 Å².